The van der Waals surface area contributed by atoms with E-state index in [0.717, 1.165) is 40.9 Å². The minimum atomic E-state index is -0.0445. The molecule has 0 unspecified atom stereocenters. The number of amides is 1. The predicted molar refractivity (Wildman–Crippen MR) is 107 cm³/mol. The number of halogens is 1. The molecule has 0 radical (unpaired) electrons. The number of fused-ring (bicyclic) bond motifs is 1. The van der Waals surface area contributed by atoms with Crippen LogP contribution in [0.2, 0.25) is 5.15 Å². The molecular weight excluding hydrogens is 360 g/mol. The summed E-state index contributed by atoms with van der Waals surface area (Å²) in [4.78, 5) is 16.6. The number of carbonyl (C=O) groups excluding carboxylic acids is 1. The van der Waals surface area contributed by atoms with Gasteiger partial charge in [0.1, 0.15) is 5.15 Å². The molecule has 0 bridgehead atoms. The minimum Gasteiger partial charge on any atom is -0.348 e. The van der Waals surface area contributed by atoms with Crippen molar-refractivity contribution in [2.24, 2.45) is 5.92 Å². The molecule has 5 nitrogen and oxygen atoms in total. The van der Waals surface area contributed by atoms with Crippen LogP contribution in [0.4, 0.5) is 0 Å². The Labute approximate surface area is 163 Å². The molecule has 6 heteroatoms. The van der Waals surface area contributed by atoms with E-state index >= 15 is 0 Å². The second-order valence-electron chi connectivity index (χ2n) is 7.26. The average Bonchev–Trinajstić information content (AvgIpc) is 3.27. The Morgan fingerprint density at radius 3 is 2.85 bits per heavy atom. The quantitative estimate of drug-likeness (QED) is 0.660. The van der Waals surface area contributed by atoms with Crippen LogP contribution in [-0.2, 0) is 13.1 Å². The lowest BCUT2D eigenvalue weighted by Gasteiger charge is -2.09. The van der Waals surface area contributed by atoms with E-state index in [-0.39, 0.29) is 5.91 Å². The number of aryl methyl sites for hydroxylation is 1. The van der Waals surface area contributed by atoms with Gasteiger partial charge in [0.05, 0.1) is 11.9 Å². The molecule has 0 aliphatic carbocycles. The van der Waals surface area contributed by atoms with Gasteiger partial charge in [-0.05, 0) is 36.1 Å². The molecule has 0 saturated carbocycles. The molecule has 1 aromatic carbocycles. The van der Waals surface area contributed by atoms with Crippen LogP contribution < -0.4 is 5.32 Å². The number of aromatic nitrogens is 3. The fraction of sp³-hybridized carbons (Fsp3) is 0.286. The third-order valence-corrected chi connectivity index (χ3v) is 5.02. The van der Waals surface area contributed by atoms with Crippen molar-refractivity contribution in [3.8, 4) is 22.4 Å². The fourth-order valence-corrected chi connectivity index (χ4v) is 3.41. The van der Waals surface area contributed by atoms with Crippen molar-refractivity contribution < 1.29 is 4.79 Å². The van der Waals surface area contributed by atoms with Crippen LogP contribution in [0.5, 0.6) is 0 Å². The SMILES string of the molecule is CC(C)CCn1cc(-c2ccc(Cl)nc2-c2ccc3c(c2)C(=O)NC3)cn1. The Kier molecular flexibility index (Phi) is 4.70. The molecule has 1 N–H and O–H groups in total. The zero-order valence-corrected chi connectivity index (χ0v) is 16.1. The summed E-state index contributed by atoms with van der Waals surface area (Å²) in [6.45, 7) is 5.87. The largest absolute Gasteiger partial charge is 0.348 e. The standard InChI is InChI=1S/C21H21ClN4O/c1-13(2)7-8-26-12-16(11-24-26)17-5-6-19(22)25-20(17)14-3-4-15-10-23-21(27)18(15)9-14/h3-6,9,11-13H,7-8,10H2,1-2H3,(H,23,27). The number of rotatable bonds is 5. The van der Waals surface area contributed by atoms with Crippen molar-refractivity contribution >= 4 is 17.5 Å². The van der Waals surface area contributed by atoms with Gasteiger partial charge in [0.25, 0.3) is 5.91 Å². The highest BCUT2D eigenvalue weighted by Crippen LogP contribution is 2.33. The van der Waals surface area contributed by atoms with Crippen molar-refractivity contribution in [2.75, 3.05) is 0 Å². The molecule has 3 heterocycles. The number of pyridine rings is 1. The van der Waals surface area contributed by atoms with Gasteiger partial charge in [-0.25, -0.2) is 4.98 Å². The number of carbonyl (C=O) groups is 1. The van der Waals surface area contributed by atoms with Gasteiger partial charge in [-0.3, -0.25) is 9.48 Å². The van der Waals surface area contributed by atoms with Gasteiger partial charge in [-0.2, -0.15) is 5.10 Å². The first-order chi connectivity index (χ1) is 13.0. The van der Waals surface area contributed by atoms with Crippen molar-refractivity contribution in [1.82, 2.24) is 20.1 Å². The lowest BCUT2D eigenvalue weighted by Crippen LogP contribution is -2.12. The van der Waals surface area contributed by atoms with Crippen molar-refractivity contribution in [3.05, 3.63) is 59.0 Å². The van der Waals surface area contributed by atoms with E-state index < -0.39 is 0 Å². The predicted octanol–water partition coefficient (Wildman–Crippen LogP) is 4.56. The monoisotopic (exact) mass is 380 g/mol. The first kappa shape index (κ1) is 17.7. The van der Waals surface area contributed by atoms with E-state index in [4.69, 9.17) is 11.6 Å². The van der Waals surface area contributed by atoms with Crippen LogP contribution in [0, 0.1) is 5.92 Å². The molecule has 1 amide bonds. The van der Waals surface area contributed by atoms with E-state index in [1.807, 2.05) is 41.3 Å². The molecule has 138 valence electrons. The summed E-state index contributed by atoms with van der Waals surface area (Å²) in [5.74, 6) is 0.583. The highest BCUT2D eigenvalue weighted by molar-refractivity contribution is 6.29. The zero-order valence-electron chi connectivity index (χ0n) is 15.4. The van der Waals surface area contributed by atoms with Crippen molar-refractivity contribution in [3.63, 3.8) is 0 Å². The third kappa shape index (κ3) is 3.60. The molecular formula is C21H21ClN4O. The van der Waals surface area contributed by atoms with E-state index in [1.54, 1.807) is 6.07 Å². The maximum Gasteiger partial charge on any atom is 0.251 e. The third-order valence-electron chi connectivity index (χ3n) is 4.81. The van der Waals surface area contributed by atoms with Crippen LogP contribution in [0.1, 0.15) is 36.2 Å². The Hall–Kier alpha value is -2.66. The number of nitrogens with zero attached hydrogens (tertiary/aromatic N) is 3. The molecule has 0 atom stereocenters. The molecule has 1 aliphatic rings. The minimum absolute atomic E-state index is 0.0445. The lowest BCUT2D eigenvalue weighted by molar-refractivity contribution is 0.0966. The second-order valence-corrected chi connectivity index (χ2v) is 7.65. The highest BCUT2D eigenvalue weighted by atomic mass is 35.5. The molecule has 0 fully saturated rings. The second kappa shape index (κ2) is 7.16. The molecule has 4 rings (SSSR count). The number of hydrogen-bond donors (Lipinski definition) is 1. The Morgan fingerprint density at radius 2 is 2.04 bits per heavy atom. The van der Waals surface area contributed by atoms with Crippen LogP contribution >= 0.6 is 11.6 Å². The van der Waals surface area contributed by atoms with Crippen LogP contribution in [0.15, 0.2) is 42.7 Å². The lowest BCUT2D eigenvalue weighted by atomic mass is 9.98. The molecule has 1 aliphatic heterocycles. The van der Waals surface area contributed by atoms with Crippen molar-refractivity contribution in [1.29, 1.82) is 0 Å². The van der Waals surface area contributed by atoms with Gasteiger partial charge < -0.3 is 5.32 Å². The number of nitrogens with one attached hydrogen (secondary N) is 1. The van der Waals surface area contributed by atoms with E-state index in [2.05, 4.69) is 29.2 Å². The molecule has 2 aromatic heterocycles. The van der Waals surface area contributed by atoms with Crippen molar-refractivity contribution in [2.45, 2.75) is 33.4 Å². The summed E-state index contributed by atoms with van der Waals surface area (Å²) in [7, 11) is 0. The summed E-state index contributed by atoms with van der Waals surface area (Å²) in [5, 5.41) is 7.75. The Morgan fingerprint density at radius 1 is 1.19 bits per heavy atom. The number of hydrogen-bond acceptors (Lipinski definition) is 3. The zero-order chi connectivity index (χ0) is 19.0. The van der Waals surface area contributed by atoms with E-state index in [0.29, 0.717) is 23.2 Å². The summed E-state index contributed by atoms with van der Waals surface area (Å²) in [5.41, 5.74) is 5.28. The van der Waals surface area contributed by atoms with E-state index in [1.165, 1.54) is 0 Å². The Balaban J connectivity index is 1.74. The van der Waals surface area contributed by atoms with Gasteiger partial charge in [-0.1, -0.05) is 37.6 Å². The summed E-state index contributed by atoms with van der Waals surface area (Å²) >= 11 is 6.18. The molecule has 27 heavy (non-hydrogen) atoms. The highest BCUT2D eigenvalue weighted by Gasteiger charge is 2.20. The molecule has 0 spiro atoms. The van der Waals surface area contributed by atoms with Crippen LogP contribution in [0.3, 0.4) is 0 Å². The average molecular weight is 381 g/mol. The maximum atomic E-state index is 12.0. The normalized spacial score (nSPS) is 13.1. The van der Waals surface area contributed by atoms with Gasteiger partial charge in [0.15, 0.2) is 0 Å². The van der Waals surface area contributed by atoms with Gasteiger partial charge >= 0.3 is 0 Å². The smallest absolute Gasteiger partial charge is 0.251 e. The number of benzene rings is 1. The maximum absolute atomic E-state index is 12.0. The fourth-order valence-electron chi connectivity index (χ4n) is 3.26. The summed E-state index contributed by atoms with van der Waals surface area (Å²) in [6, 6.07) is 9.60. The first-order valence-electron chi connectivity index (χ1n) is 9.12. The van der Waals surface area contributed by atoms with Gasteiger partial charge in [-0.15, -0.1) is 0 Å². The summed E-state index contributed by atoms with van der Waals surface area (Å²) < 4.78 is 1.96. The van der Waals surface area contributed by atoms with Gasteiger partial charge in [0, 0.05) is 41.5 Å². The summed E-state index contributed by atoms with van der Waals surface area (Å²) in [6.07, 6.45) is 4.97. The van der Waals surface area contributed by atoms with Crippen LogP contribution in [-0.4, -0.2) is 20.7 Å². The molecule has 3 aromatic rings. The molecule has 0 saturated heterocycles. The van der Waals surface area contributed by atoms with Gasteiger partial charge in [0.2, 0.25) is 0 Å². The first-order valence-corrected chi connectivity index (χ1v) is 9.50. The van der Waals surface area contributed by atoms with E-state index in [9.17, 15) is 4.79 Å². The Bertz CT molecular complexity index is 1010. The topological polar surface area (TPSA) is 59.8 Å². The van der Waals surface area contributed by atoms with Crippen LogP contribution in [0.25, 0.3) is 22.4 Å².